The molecule has 2 aromatic rings. The molecule has 0 saturated heterocycles. The van der Waals surface area contributed by atoms with Crippen molar-refractivity contribution in [2.45, 2.75) is 0 Å². The van der Waals surface area contributed by atoms with E-state index in [4.69, 9.17) is 16.3 Å². The van der Waals surface area contributed by atoms with E-state index in [-0.39, 0.29) is 6.61 Å². The molecule has 0 atom stereocenters. The number of anilines is 1. The number of ether oxygens (including phenoxy) is 1. The lowest BCUT2D eigenvalue weighted by Gasteiger charge is -2.07. The predicted octanol–water partition coefficient (Wildman–Crippen LogP) is 2.47. The number of amides is 1. The smallest absolute Gasteiger partial charge is 0.355 e. The summed E-state index contributed by atoms with van der Waals surface area (Å²) >= 11 is 5.80. The number of nitrogens with one attached hydrogen (secondary N) is 1. The molecular formula is C14H13ClN2O3. The van der Waals surface area contributed by atoms with Gasteiger partial charge in [-0.05, 0) is 30.3 Å². The predicted molar refractivity (Wildman–Crippen MR) is 75.8 cm³/mol. The van der Waals surface area contributed by atoms with Gasteiger partial charge in [-0.25, -0.2) is 4.79 Å². The Morgan fingerprint density at radius 2 is 2.10 bits per heavy atom. The molecule has 1 N–H and O–H groups in total. The Morgan fingerprint density at radius 3 is 2.75 bits per heavy atom. The van der Waals surface area contributed by atoms with Gasteiger partial charge < -0.3 is 14.6 Å². The van der Waals surface area contributed by atoms with Crippen molar-refractivity contribution in [2.75, 3.05) is 11.9 Å². The largest absolute Gasteiger partial charge is 0.451 e. The first-order chi connectivity index (χ1) is 9.56. The molecule has 0 spiro atoms. The lowest BCUT2D eigenvalue weighted by Crippen LogP contribution is -2.21. The van der Waals surface area contributed by atoms with E-state index < -0.39 is 11.9 Å². The van der Waals surface area contributed by atoms with Gasteiger partial charge in [0.1, 0.15) is 5.69 Å². The summed E-state index contributed by atoms with van der Waals surface area (Å²) in [5.74, 6) is -0.964. The van der Waals surface area contributed by atoms with E-state index in [1.54, 1.807) is 54.2 Å². The SMILES string of the molecule is Cn1cccc1C(=O)OCC(=O)Nc1cccc(Cl)c1. The molecular weight excluding hydrogens is 280 g/mol. The molecule has 0 aliphatic rings. The van der Waals surface area contributed by atoms with Gasteiger partial charge in [-0.2, -0.15) is 0 Å². The lowest BCUT2D eigenvalue weighted by molar-refractivity contribution is -0.119. The molecule has 5 nitrogen and oxygen atoms in total. The van der Waals surface area contributed by atoms with Gasteiger partial charge in [0.2, 0.25) is 0 Å². The number of hydrogen-bond acceptors (Lipinski definition) is 3. The topological polar surface area (TPSA) is 60.3 Å². The van der Waals surface area contributed by atoms with Gasteiger partial charge >= 0.3 is 5.97 Å². The van der Waals surface area contributed by atoms with E-state index >= 15 is 0 Å². The van der Waals surface area contributed by atoms with Crippen LogP contribution in [0, 0.1) is 0 Å². The highest BCUT2D eigenvalue weighted by Crippen LogP contribution is 2.14. The monoisotopic (exact) mass is 292 g/mol. The van der Waals surface area contributed by atoms with Crippen LogP contribution in [-0.2, 0) is 16.6 Å². The zero-order chi connectivity index (χ0) is 14.5. The Bertz CT molecular complexity index is 637. The standard InChI is InChI=1S/C14H13ClN2O3/c1-17-7-3-6-12(17)14(19)20-9-13(18)16-11-5-2-4-10(15)8-11/h2-8H,9H2,1H3,(H,16,18). The molecule has 0 saturated carbocycles. The quantitative estimate of drug-likeness (QED) is 0.881. The minimum Gasteiger partial charge on any atom is -0.451 e. The van der Waals surface area contributed by atoms with Crippen LogP contribution in [0.2, 0.25) is 5.02 Å². The minimum atomic E-state index is -0.543. The molecule has 1 heterocycles. The molecule has 0 fully saturated rings. The van der Waals surface area contributed by atoms with Gasteiger partial charge in [-0.15, -0.1) is 0 Å². The van der Waals surface area contributed by atoms with Crippen molar-refractivity contribution in [3.05, 3.63) is 53.3 Å². The number of aryl methyl sites for hydroxylation is 1. The summed E-state index contributed by atoms with van der Waals surface area (Å²) in [4.78, 5) is 23.3. The van der Waals surface area contributed by atoms with E-state index in [0.29, 0.717) is 16.4 Å². The minimum absolute atomic E-state index is 0.351. The van der Waals surface area contributed by atoms with E-state index in [1.165, 1.54) is 0 Å². The van der Waals surface area contributed by atoms with Gasteiger partial charge in [0.25, 0.3) is 5.91 Å². The summed E-state index contributed by atoms with van der Waals surface area (Å²) in [5.41, 5.74) is 0.943. The van der Waals surface area contributed by atoms with Crippen LogP contribution >= 0.6 is 11.6 Å². The van der Waals surface area contributed by atoms with Crippen molar-refractivity contribution < 1.29 is 14.3 Å². The first-order valence-corrected chi connectivity index (χ1v) is 6.28. The molecule has 0 radical (unpaired) electrons. The average molecular weight is 293 g/mol. The van der Waals surface area contributed by atoms with Crippen LogP contribution < -0.4 is 5.32 Å². The van der Waals surface area contributed by atoms with Crippen molar-refractivity contribution >= 4 is 29.2 Å². The molecule has 0 aliphatic carbocycles. The fourth-order valence-electron chi connectivity index (χ4n) is 1.64. The number of esters is 1. The molecule has 0 bridgehead atoms. The van der Waals surface area contributed by atoms with Gasteiger partial charge in [-0.1, -0.05) is 17.7 Å². The number of halogens is 1. The van der Waals surface area contributed by atoms with Gasteiger partial charge in [0.15, 0.2) is 6.61 Å². The Morgan fingerprint density at radius 1 is 1.30 bits per heavy atom. The summed E-state index contributed by atoms with van der Waals surface area (Å²) in [6.07, 6.45) is 1.72. The number of aromatic nitrogens is 1. The zero-order valence-electron chi connectivity index (χ0n) is 10.8. The molecule has 1 aromatic heterocycles. The highest BCUT2D eigenvalue weighted by molar-refractivity contribution is 6.30. The third-order valence-electron chi connectivity index (χ3n) is 2.60. The van der Waals surface area contributed by atoms with Gasteiger partial charge in [0.05, 0.1) is 0 Å². The van der Waals surface area contributed by atoms with Crippen LogP contribution in [-0.4, -0.2) is 23.1 Å². The average Bonchev–Trinajstić information content (AvgIpc) is 2.82. The van der Waals surface area contributed by atoms with Crippen LogP contribution in [0.25, 0.3) is 0 Å². The molecule has 0 aliphatic heterocycles. The first kappa shape index (κ1) is 14.1. The molecule has 6 heteroatoms. The second-order valence-corrected chi connectivity index (χ2v) is 4.58. The highest BCUT2D eigenvalue weighted by atomic mass is 35.5. The fraction of sp³-hybridized carbons (Fsp3) is 0.143. The maximum atomic E-state index is 11.7. The molecule has 1 aromatic carbocycles. The zero-order valence-corrected chi connectivity index (χ0v) is 11.6. The van der Waals surface area contributed by atoms with Crippen LogP contribution in [0.5, 0.6) is 0 Å². The van der Waals surface area contributed by atoms with Gasteiger partial charge in [-0.3, -0.25) is 4.79 Å². The summed E-state index contributed by atoms with van der Waals surface area (Å²) in [7, 11) is 1.72. The first-order valence-electron chi connectivity index (χ1n) is 5.90. The molecule has 0 unspecified atom stereocenters. The third kappa shape index (κ3) is 3.61. The molecule has 2 rings (SSSR count). The Kier molecular flexibility index (Phi) is 4.42. The van der Waals surface area contributed by atoms with Crippen LogP contribution in [0.15, 0.2) is 42.6 Å². The summed E-state index contributed by atoms with van der Waals surface area (Å²) in [5, 5.41) is 3.11. The Labute approximate surface area is 121 Å². The van der Waals surface area contributed by atoms with E-state index in [2.05, 4.69) is 5.32 Å². The highest BCUT2D eigenvalue weighted by Gasteiger charge is 2.12. The van der Waals surface area contributed by atoms with Crippen LogP contribution in [0.1, 0.15) is 10.5 Å². The second-order valence-electron chi connectivity index (χ2n) is 4.14. The summed E-state index contributed by atoms with van der Waals surface area (Å²) < 4.78 is 6.55. The summed E-state index contributed by atoms with van der Waals surface area (Å²) in [6.45, 7) is -0.351. The number of carbonyl (C=O) groups is 2. The number of carbonyl (C=O) groups excluding carboxylic acids is 2. The number of benzene rings is 1. The number of rotatable bonds is 4. The van der Waals surface area contributed by atoms with Crippen molar-refractivity contribution in [2.24, 2.45) is 7.05 Å². The van der Waals surface area contributed by atoms with E-state index in [1.807, 2.05) is 0 Å². The van der Waals surface area contributed by atoms with Crippen molar-refractivity contribution in [1.82, 2.24) is 4.57 Å². The molecule has 20 heavy (non-hydrogen) atoms. The van der Waals surface area contributed by atoms with E-state index in [0.717, 1.165) is 0 Å². The van der Waals surface area contributed by atoms with Crippen molar-refractivity contribution in [3.63, 3.8) is 0 Å². The lowest BCUT2D eigenvalue weighted by atomic mass is 10.3. The van der Waals surface area contributed by atoms with Crippen LogP contribution in [0.4, 0.5) is 5.69 Å². The number of nitrogens with zero attached hydrogens (tertiary/aromatic N) is 1. The van der Waals surface area contributed by atoms with E-state index in [9.17, 15) is 9.59 Å². The molecule has 104 valence electrons. The second kappa shape index (κ2) is 6.25. The summed E-state index contributed by atoms with van der Waals surface area (Å²) in [6, 6.07) is 10.1. The van der Waals surface area contributed by atoms with Crippen LogP contribution in [0.3, 0.4) is 0 Å². The Balaban J connectivity index is 1.87. The maximum Gasteiger partial charge on any atom is 0.355 e. The van der Waals surface area contributed by atoms with Crippen molar-refractivity contribution in [1.29, 1.82) is 0 Å². The normalized spacial score (nSPS) is 10.1. The molecule has 1 amide bonds. The maximum absolute atomic E-state index is 11.7. The van der Waals surface area contributed by atoms with Crippen molar-refractivity contribution in [3.8, 4) is 0 Å². The Hall–Kier alpha value is -2.27. The third-order valence-corrected chi connectivity index (χ3v) is 2.83. The fourth-order valence-corrected chi connectivity index (χ4v) is 1.83. The van der Waals surface area contributed by atoms with Gasteiger partial charge in [0, 0.05) is 24.0 Å². The number of hydrogen-bond donors (Lipinski definition) is 1.